The summed E-state index contributed by atoms with van der Waals surface area (Å²) < 4.78 is 0. The first-order valence-corrected chi connectivity index (χ1v) is 6.51. The maximum atomic E-state index is 12.1. The van der Waals surface area contributed by atoms with Gasteiger partial charge in [0.1, 0.15) is 0 Å². The summed E-state index contributed by atoms with van der Waals surface area (Å²) in [6, 6.07) is 15.7. The quantitative estimate of drug-likeness (QED) is 0.739. The van der Waals surface area contributed by atoms with Gasteiger partial charge in [-0.05, 0) is 28.7 Å². The average Bonchev–Trinajstić information content (AvgIpc) is 2.71. The smallest absolute Gasteiger partial charge is 0.259 e. The van der Waals surface area contributed by atoms with Crippen molar-refractivity contribution in [2.45, 2.75) is 6.42 Å². The van der Waals surface area contributed by atoms with Crippen LogP contribution in [0.2, 0.25) is 0 Å². The zero-order chi connectivity index (χ0) is 13.7. The van der Waals surface area contributed by atoms with E-state index in [9.17, 15) is 9.59 Å². The van der Waals surface area contributed by atoms with E-state index in [-0.39, 0.29) is 11.8 Å². The molecule has 96 valence electrons. The second-order valence-electron chi connectivity index (χ2n) is 5.10. The summed E-state index contributed by atoms with van der Waals surface area (Å²) in [5.41, 5.74) is 4.89. The third-order valence-corrected chi connectivity index (χ3v) is 3.82. The maximum absolute atomic E-state index is 12.1. The van der Waals surface area contributed by atoms with Crippen LogP contribution < -0.4 is 5.32 Å². The molecule has 0 atom stereocenters. The van der Waals surface area contributed by atoms with E-state index in [4.69, 9.17) is 0 Å². The largest absolute Gasteiger partial charge is 0.288 e. The van der Waals surface area contributed by atoms with Crippen LogP contribution in [-0.4, -0.2) is 11.8 Å². The monoisotopic (exact) mass is 261 g/mol. The van der Waals surface area contributed by atoms with E-state index >= 15 is 0 Å². The first-order chi connectivity index (χ1) is 9.72. The number of carbonyl (C=O) groups is 2. The Kier molecular flexibility index (Phi) is 2.18. The molecule has 0 radical (unpaired) electrons. The number of imide groups is 1. The molecular weight excluding hydrogens is 250 g/mol. The average molecular weight is 261 g/mol. The molecule has 1 N–H and O–H groups in total. The fraction of sp³-hybridized carbons (Fsp3) is 0.0588. The SMILES string of the molecule is O=C1NC(=O)C2=C1c1ccc(cc1)Cc1ccc2cc1. The topological polar surface area (TPSA) is 46.2 Å². The molecule has 3 nitrogen and oxygen atoms in total. The number of nitrogens with one attached hydrogen (secondary N) is 1. The molecule has 4 aliphatic carbocycles. The van der Waals surface area contributed by atoms with Gasteiger partial charge in [-0.2, -0.15) is 0 Å². The molecule has 7 rings (SSSR count). The fourth-order valence-electron chi connectivity index (χ4n) is 2.82. The summed E-state index contributed by atoms with van der Waals surface area (Å²) in [6.45, 7) is 0. The number of rotatable bonds is 0. The lowest BCUT2D eigenvalue weighted by atomic mass is 9.96. The molecule has 4 bridgehead atoms. The predicted molar refractivity (Wildman–Crippen MR) is 75.7 cm³/mol. The van der Waals surface area contributed by atoms with Crippen molar-refractivity contribution in [2.75, 3.05) is 0 Å². The maximum Gasteiger partial charge on any atom is 0.259 e. The lowest BCUT2D eigenvalue weighted by Crippen LogP contribution is -2.22. The Balaban J connectivity index is 2.10. The second-order valence-corrected chi connectivity index (χ2v) is 5.10. The molecule has 2 aromatic rings. The van der Waals surface area contributed by atoms with E-state index in [1.165, 1.54) is 11.1 Å². The Labute approximate surface area is 115 Å². The van der Waals surface area contributed by atoms with Gasteiger partial charge in [0, 0.05) is 0 Å². The van der Waals surface area contributed by atoms with E-state index in [2.05, 4.69) is 5.32 Å². The third-order valence-electron chi connectivity index (χ3n) is 3.82. The zero-order valence-electron chi connectivity index (χ0n) is 10.6. The molecule has 3 heteroatoms. The Morgan fingerprint density at radius 3 is 1.45 bits per heavy atom. The van der Waals surface area contributed by atoms with Crippen LogP contribution in [-0.2, 0) is 16.0 Å². The van der Waals surface area contributed by atoms with Crippen molar-refractivity contribution in [3.05, 3.63) is 70.8 Å². The molecule has 1 aliphatic heterocycles. The highest BCUT2D eigenvalue weighted by atomic mass is 16.2. The van der Waals surface area contributed by atoms with Crippen LogP contribution in [0.15, 0.2) is 48.5 Å². The fourth-order valence-corrected chi connectivity index (χ4v) is 2.82. The van der Waals surface area contributed by atoms with Gasteiger partial charge < -0.3 is 0 Å². The van der Waals surface area contributed by atoms with Crippen LogP contribution in [0.5, 0.6) is 0 Å². The van der Waals surface area contributed by atoms with Gasteiger partial charge in [0.25, 0.3) is 11.8 Å². The van der Waals surface area contributed by atoms with Gasteiger partial charge in [-0.25, -0.2) is 0 Å². The molecule has 5 aliphatic rings. The lowest BCUT2D eigenvalue weighted by Gasteiger charge is -2.04. The van der Waals surface area contributed by atoms with Gasteiger partial charge in [-0.15, -0.1) is 0 Å². The van der Waals surface area contributed by atoms with E-state index in [1.807, 2.05) is 48.5 Å². The van der Waals surface area contributed by atoms with Gasteiger partial charge in [-0.1, -0.05) is 48.5 Å². The van der Waals surface area contributed by atoms with Crippen LogP contribution in [0, 0.1) is 0 Å². The van der Waals surface area contributed by atoms with Crippen LogP contribution in [0.3, 0.4) is 0 Å². The zero-order valence-corrected chi connectivity index (χ0v) is 10.6. The van der Waals surface area contributed by atoms with Gasteiger partial charge >= 0.3 is 0 Å². The highest BCUT2D eigenvalue weighted by molar-refractivity contribution is 6.49. The van der Waals surface area contributed by atoms with Crippen LogP contribution in [0.25, 0.3) is 11.1 Å². The van der Waals surface area contributed by atoms with Gasteiger partial charge in [-0.3, -0.25) is 14.9 Å². The molecule has 2 aromatic carbocycles. The van der Waals surface area contributed by atoms with E-state index in [0.29, 0.717) is 11.1 Å². The van der Waals surface area contributed by atoms with Crippen LogP contribution in [0.1, 0.15) is 22.3 Å². The molecule has 0 unspecified atom stereocenters. The minimum absolute atomic E-state index is 0.318. The summed E-state index contributed by atoms with van der Waals surface area (Å²) in [6.07, 6.45) is 0.853. The van der Waals surface area contributed by atoms with Crippen molar-refractivity contribution in [3.63, 3.8) is 0 Å². The summed E-state index contributed by atoms with van der Waals surface area (Å²) in [5, 5.41) is 2.39. The van der Waals surface area contributed by atoms with Crippen molar-refractivity contribution in [1.29, 1.82) is 0 Å². The van der Waals surface area contributed by atoms with Crippen molar-refractivity contribution in [1.82, 2.24) is 5.32 Å². The normalized spacial score (nSPS) is 16.2. The summed E-state index contributed by atoms with van der Waals surface area (Å²) in [7, 11) is 0. The molecule has 0 aromatic heterocycles. The molecule has 0 saturated carbocycles. The van der Waals surface area contributed by atoms with E-state index in [0.717, 1.165) is 17.5 Å². The predicted octanol–water partition coefficient (Wildman–Crippen LogP) is 2.16. The van der Waals surface area contributed by atoms with E-state index < -0.39 is 0 Å². The van der Waals surface area contributed by atoms with Crippen LogP contribution >= 0.6 is 0 Å². The first-order valence-electron chi connectivity index (χ1n) is 6.51. The third kappa shape index (κ3) is 1.53. The van der Waals surface area contributed by atoms with Crippen molar-refractivity contribution >= 4 is 23.0 Å². The van der Waals surface area contributed by atoms with Crippen molar-refractivity contribution < 1.29 is 9.59 Å². The first kappa shape index (κ1) is 11.2. The van der Waals surface area contributed by atoms with E-state index in [1.54, 1.807) is 0 Å². The van der Waals surface area contributed by atoms with Gasteiger partial charge in [0.2, 0.25) is 0 Å². The Hall–Kier alpha value is -2.68. The number of hydrogen-bond donors (Lipinski definition) is 1. The standard InChI is InChI=1S/C17H11NO2/c19-16-14-12-5-1-10(2-6-12)9-11-3-7-13(8-4-11)15(14)17(20)18-16/h1-8H,9H2,(H,18,19,20). The second kappa shape index (κ2) is 3.90. The molecule has 2 amide bonds. The molecular formula is C17H11NO2. The molecule has 1 heterocycles. The summed E-state index contributed by atoms with van der Waals surface area (Å²) in [5.74, 6) is -0.637. The Morgan fingerprint density at radius 2 is 1.05 bits per heavy atom. The molecule has 0 saturated heterocycles. The Morgan fingerprint density at radius 1 is 0.650 bits per heavy atom. The summed E-state index contributed by atoms with van der Waals surface area (Å²) >= 11 is 0. The number of amides is 2. The minimum atomic E-state index is -0.318. The molecule has 0 fully saturated rings. The molecule has 0 spiro atoms. The number of hydrogen-bond acceptors (Lipinski definition) is 2. The Bertz CT molecular complexity index is 702. The number of carbonyl (C=O) groups excluding carboxylic acids is 2. The summed E-state index contributed by atoms with van der Waals surface area (Å²) in [4.78, 5) is 24.2. The highest BCUT2D eigenvalue weighted by Gasteiger charge is 2.32. The van der Waals surface area contributed by atoms with Crippen molar-refractivity contribution in [3.8, 4) is 0 Å². The van der Waals surface area contributed by atoms with Gasteiger partial charge in [0.05, 0.1) is 11.1 Å². The van der Waals surface area contributed by atoms with Gasteiger partial charge in [0.15, 0.2) is 0 Å². The van der Waals surface area contributed by atoms with Crippen LogP contribution in [0.4, 0.5) is 0 Å². The molecule has 20 heavy (non-hydrogen) atoms. The minimum Gasteiger partial charge on any atom is -0.288 e. The highest BCUT2D eigenvalue weighted by Crippen LogP contribution is 2.32. The van der Waals surface area contributed by atoms with Crippen molar-refractivity contribution in [2.24, 2.45) is 0 Å². The lowest BCUT2D eigenvalue weighted by molar-refractivity contribution is -0.122. The number of benzene rings is 2.